The van der Waals surface area contributed by atoms with Crippen LogP contribution in [0.3, 0.4) is 0 Å². The van der Waals surface area contributed by atoms with Gasteiger partial charge in [-0.1, -0.05) is 0 Å². The van der Waals surface area contributed by atoms with Crippen LogP contribution in [0, 0.1) is 13.8 Å². The summed E-state index contributed by atoms with van der Waals surface area (Å²) < 4.78 is 0. The molecule has 1 fully saturated rings. The van der Waals surface area contributed by atoms with Gasteiger partial charge in [0.25, 0.3) is 11.5 Å². The highest BCUT2D eigenvalue weighted by Gasteiger charge is 2.26. The zero-order chi connectivity index (χ0) is 14.0. The minimum atomic E-state index is -0.283. The lowest BCUT2D eigenvalue weighted by Gasteiger charge is -2.32. The van der Waals surface area contributed by atoms with E-state index in [1.807, 2.05) is 27.0 Å². The van der Waals surface area contributed by atoms with Crippen LogP contribution in [0.4, 0.5) is 0 Å². The maximum absolute atomic E-state index is 12.5. The number of rotatable bonds is 2. The van der Waals surface area contributed by atoms with Gasteiger partial charge in [-0.05, 0) is 45.4 Å². The molecule has 0 spiro atoms. The summed E-state index contributed by atoms with van der Waals surface area (Å²) in [6, 6.07) is 2.16. The summed E-state index contributed by atoms with van der Waals surface area (Å²) in [5.74, 6) is -0.154. The topological polar surface area (TPSA) is 65.2 Å². The lowest BCUT2D eigenvalue weighted by atomic mass is 10.0. The quantitative estimate of drug-likeness (QED) is 0.863. The molecule has 5 nitrogen and oxygen atoms in total. The first-order valence-corrected chi connectivity index (χ1v) is 6.70. The van der Waals surface area contributed by atoms with Crippen LogP contribution in [0.1, 0.15) is 34.5 Å². The van der Waals surface area contributed by atoms with E-state index >= 15 is 0 Å². The van der Waals surface area contributed by atoms with Crippen molar-refractivity contribution in [3.8, 4) is 0 Å². The Morgan fingerprint density at radius 3 is 2.75 bits per heavy atom. The molecule has 0 bridgehead atoms. The fraction of sp³-hybridized carbons (Fsp3) is 0.571. The van der Waals surface area contributed by atoms with Crippen molar-refractivity contribution in [2.75, 3.05) is 20.1 Å². The molecule has 1 aliphatic heterocycles. The minimum absolute atomic E-state index is 0. The minimum Gasteiger partial charge on any atom is -0.337 e. The van der Waals surface area contributed by atoms with E-state index in [1.165, 1.54) is 0 Å². The van der Waals surface area contributed by atoms with Gasteiger partial charge in [-0.2, -0.15) is 0 Å². The summed E-state index contributed by atoms with van der Waals surface area (Å²) in [6.45, 7) is 5.03. The summed E-state index contributed by atoms with van der Waals surface area (Å²) in [6.07, 6.45) is 2.05. The van der Waals surface area contributed by atoms with E-state index in [2.05, 4.69) is 10.3 Å². The van der Waals surface area contributed by atoms with Crippen molar-refractivity contribution in [1.29, 1.82) is 0 Å². The number of carbonyl (C=O) groups excluding carboxylic acids is 1. The number of hydrogen-bond acceptors (Lipinski definition) is 3. The lowest BCUT2D eigenvalue weighted by Crippen LogP contribution is -2.48. The Labute approximate surface area is 125 Å². The molecule has 0 aromatic carbocycles. The average molecular weight is 300 g/mol. The molecule has 2 rings (SSSR count). The van der Waals surface area contributed by atoms with Gasteiger partial charge >= 0.3 is 0 Å². The Morgan fingerprint density at radius 1 is 1.45 bits per heavy atom. The molecule has 2 heterocycles. The maximum atomic E-state index is 12.5. The Kier molecular flexibility index (Phi) is 5.77. The van der Waals surface area contributed by atoms with Gasteiger partial charge in [-0.15, -0.1) is 12.4 Å². The third-order valence-electron chi connectivity index (χ3n) is 3.70. The van der Waals surface area contributed by atoms with Gasteiger partial charge in [0.1, 0.15) is 5.56 Å². The molecule has 0 aliphatic carbocycles. The fourth-order valence-corrected chi connectivity index (χ4v) is 2.67. The molecular weight excluding hydrogens is 278 g/mol. The first-order chi connectivity index (χ1) is 9.02. The van der Waals surface area contributed by atoms with E-state index in [9.17, 15) is 9.59 Å². The van der Waals surface area contributed by atoms with Gasteiger partial charge in [0.2, 0.25) is 0 Å². The largest absolute Gasteiger partial charge is 0.337 e. The Bertz CT molecular complexity index is 542. The molecule has 1 saturated heterocycles. The first kappa shape index (κ1) is 16.7. The zero-order valence-corrected chi connectivity index (χ0v) is 13.0. The van der Waals surface area contributed by atoms with Crippen LogP contribution < -0.4 is 10.9 Å². The van der Waals surface area contributed by atoms with Gasteiger partial charge in [-0.25, -0.2) is 0 Å². The van der Waals surface area contributed by atoms with E-state index in [1.54, 1.807) is 4.90 Å². The van der Waals surface area contributed by atoms with Gasteiger partial charge in [0.15, 0.2) is 0 Å². The van der Waals surface area contributed by atoms with E-state index in [4.69, 9.17) is 0 Å². The number of halogens is 1. The highest BCUT2D eigenvalue weighted by molar-refractivity contribution is 5.95. The van der Waals surface area contributed by atoms with Crippen LogP contribution in [-0.4, -0.2) is 42.0 Å². The number of likely N-dealkylation sites (N-methyl/N-ethyl adjacent to an activating group) is 1. The van der Waals surface area contributed by atoms with Crippen molar-refractivity contribution in [2.45, 2.75) is 32.7 Å². The molecule has 6 heteroatoms. The van der Waals surface area contributed by atoms with Crippen LogP contribution in [0.5, 0.6) is 0 Å². The molecule has 0 saturated carbocycles. The summed E-state index contributed by atoms with van der Waals surface area (Å²) in [5, 5.41) is 3.20. The number of aromatic nitrogens is 1. The number of nitrogens with one attached hydrogen (secondary N) is 2. The molecule has 20 heavy (non-hydrogen) atoms. The lowest BCUT2D eigenvalue weighted by molar-refractivity contribution is 0.0695. The van der Waals surface area contributed by atoms with Crippen molar-refractivity contribution >= 4 is 18.3 Å². The maximum Gasteiger partial charge on any atom is 0.261 e. The molecule has 112 valence electrons. The number of likely N-dealkylation sites (tertiary alicyclic amines) is 1. The summed E-state index contributed by atoms with van der Waals surface area (Å²) in [7, 11) is 1.91. The third-order valence-corrected chi connectivity index (χ3v) is 3.70. The molecule has 1 aliphatic rings. The van der Waals surface area contributed by atoms with Crippen molar-refractivity contribution in [3.05, 3.63) is 33.2 Å². The smallest absolute Gasteiger partial charge is 0.261 e. The Hall–Kier alpha value is -1.33. The second kappa shape index (κ2) is 6.90. The highest BCUT2D eigenvalue weighted by Crippen LogP contribution is 2.14. The van der Waals surface area contributed by atoms with Crippen molar-refractivity contribution in [3.63, 3.8) is 0 Å². The molecule has 2 N–H and O–H groups in total. The fourth-order valence-electron chi connectivity index (χ4n) is 2.67. The van der Waals surface area contributed by atoms with Gasteiger partial charge < -0.3 is 15.2 Å². The molecule has 1 atom stereocenters. The third kappa shape index (κ3) is 3.41. The predicted octanol–water partition coefficient (Wildman–Crippen LogP) is 1.24. The molecule has 0 radical (unpaired) electrons. The van der Waals surface area contributed by atoms with Crippen LogP contribution in [0.2, 0.25) is 0 Å². The number of nitrogens with zero attached hydrogens (tertiary/aromatic N) is 1. The predicted molar refractivity (Wildman–Crippen MR) is 81.8 cm³/mol. The molecule has 1 amide bonds. The molecule has 1 aromatic rings. The van der Waals surface area contributed by atoms with Gasteiger partial charge in [-0.3, -0.25) is 9.59 Å². The van der Waals surface area contributed by atoms with Gasteiger partial charge in [0, 0.05) is 24.8 Å². The number of hydrogen-bond donors (Lipinski definition) is 2. The second-order valence-electron chi connectivity index (χ2n) is 5.22. The van der Waals surface area contributed by atoms with Crippen LogP contribution >= 0.6 is 12.4 Å². The van der Waals surface area contributed by atoms with E-state index in [0.717, 1.165) is 30.6 Å². The number of aryl methyl sites for hydroxylation is 2. The zero-order valence-electron chi connectivity index (χ0n) is 12.2. The average Bonchev–Trinajstić information content (AvgIpc) is 2.37. The Morgan fingerprint density at radius 2 is 2.15 bits per heavy atom. The van der Waals surface area contributed by atoms with Crippen LogP contribution in [-0.2, 0) is 0 Å². The number of aromatic amines is 1. The number of carbonyl (C=O) groups is 1. The van der Waals surface area contributed by atoms with Crippen molar-refractivity contribution < 1.29 is 4.79 Å². The Balaban J connectivity index is 0.00000200. The van der Waals surface area contributed by atoms with Gasteiger partial charge in [0.05, 0.1) is 0 Å². The van der Waals surface area contributed by atoms with Crippen molar-refractivity contribution in [2.24, 2.45) is 0 Å². The highest BCUT2D eigenvalue weighted by atomic mass is 35.5. The first-order valence-electron chi connectivity index (χ1n) is 6.70. The summed E-state index contributed by atoms with van der Waals surface area (Å²) in [5.41, 5.74) is 1.53. The molecular formula is C14H22ClN3O2. The molecule has 1 aromatic heterocycles. The summed E-state index contributed by atoms with van der Waals surface area (Å²) in [4.78, 5) is 29.0. The van der Waals surface area contributed by atoms with E-state index < -0.39 is 0 Å². The van der Waals surface area contributed by atoms with E-state index in [0.29, 0.717) is 12.6 Å². The van der Waals surface area contributed by atoms with Crippen LogP contribution in [0.15, 0.2) is 10.9 Å². The number of piperidine rings is 1. The number of H-pyrrole nitrogens is 1. The number of pyridine rings is 1. The van der Waals surface area contributed by atoms with E-state index in [-0.39, 0.29) is 29.4 Å². The van der Waals surface area contributed by atoms with Crippen molar-refractivity contribution in [1.82, 2.24) is 15.2 Å². The summed E-state index contributed by atoms with van der Waals surface area (Å²) >= 11 is 0. The SMILES string of the molecule is CNC1CCCN(C(=O)c2c(C)cc(C)[nH]c2=O)C1.Cl. The monoisotopic (exact) mass is 299 g/mol. The normalized spacial score (nSPS) is 18.6. The number of amides is 1. The molecule has 1 unspecified atom stereocenters. The second-order valence-corrected chi connectivity index (χ2v) is 5.22. The van der Waals surface area contributed by atoms with Crippen LogP contribution in [0.25, 0.3) is 0 Å². The standard InChI is InChI=1S/C14H21N3O2.ClH/c1-9-7-10(2)16-13(18)12(9)14(19)17-6-4-5-11(8-17)15-3;/h7,11,15H,4-6,8H2,1-3H3,(H,16,18);1H.